The number of rotatable bonds is 5. The average Bonchev–Trinajstić information content (AvgIpc) is 2.62. The fourth-order valence-corrected chi connectivity index (χ4v) is 2.82. The van der Waals surface area contributed by atoms with Gasteiger partial charge in [-0.05, 0) is 46.4 Å². The summed E-state index contributed by atoms with van der Waals surface area (Å²) in [5, 5.41) is 0. The van der Waals surface area contributed by atoms with Gasteiger partial charge in [0.05, 0.1) is 0 Å². The van der Waals surface area contributed by atoms with E-state index in [1.807, 2.05) is 12.3 Å². The first-order chi connectivity index (χ1) is 11.3. The molecule has 3 rings (SSSR count). The zero-order chi connectivity index (χ0) is 16.1. The first-order valence-corrected chi connectivity index (χ1v) is 8.06. The molecule has 2 aromatic carbocycles. The lowest BCUT2D eigenvalue weighted by Gasteiger charge is -2.13. The number of nitrogens with zero attached hydrogens (tertiary/aromatic N) is 1. The Morgan fingerprint density at radius 2 is 1.74 bits per heavy atom. The molecule has 0 aliphatic heterocycles. The highest BCUT2D eigenvalue weighted by molar-refractivity contribution is 5.84. The van der Waals surface area contributed by atoms with E-state index >= 15 is 0 Å². The van der Waals surface area contributed by atoms with Crippen LogP contribution in [0, 0.1) is 0 Å². The van der Waals surface area contributed by atoms with Crippen LogP contribution in [0.1, 0.15) is 18.2 Å². The van der Waals surface area contributed by atoms with Crippen LogP contribution < -0.4 is 0 Å². The Kier molecular flexibility index (Phi) is 4.68. The molecule has 0 saturated heterocycles. The van der Waals surface area contributed by atoms with E-state index in [-0.39, 0.29) is 0 Å². The molecule has 1 heterocycles. The van der Waals surface area contributed by atoms with Crippen LogP contribution in [0.4, 0.5) is 0 Å². The number of benzene rings is 2. The quantitative estimate of drug-likeness (QED) is 0.550. The molecule has 0 unspecified atom stereocenters. The lowest BCUT2D eigenvalue weighted by atomic mass is 9.92. The second kappa shape index (κ2) is 7.06. The number of aromatic nitrogens is 1. The van der Waals surface area contributed by atoms with Gasteiger partial charge in [0.15, 0.2) is 0 Å². The number of allylic oxidation sites excluding steroid dienone is 1. The Balaban J connectivity index is 2.15. The summed E-state index contributed by atoms with van der Waals surface area (Å²) in [5.41, 5.74) is 7.39. The van der Waals surface area contributed by atoms with E-state index in [1.54, 1.807) is 0 Å². The normalized spacial score (nSPS) is 10.5. The predicted octanol–water partition coefficient (Wildman–Crippen LogP) is 5.71. The van der Waals surface area contributed by atoms with E-state index in [9.17, 15) is 0 Å². The van der Waals surface area contributed by atoms with Gasteiger partial charge in [-0.2, -0.15) is 0 Å². The van der Waals surface area contributed by atoms with Crippen molar-refractivity contribution in [3.8, 4) is 22.3 Å². The summed E-state index contributed by atoms with van der Waals surface area (Å²) in [6.45, 7) is 6.00. The van der Waals surface area contributed by atoms with E-state index in [0.717, 1.165) is 18.5 Å². The van der Waals surface area contributed by atoms with Gasteiger partial charge in [-0.25, -0.2) is 0 Å². The van der Waals surface area contributed by atoms with Gasteiger partial charge in [-0.15, -0.1) is 6.58 Å². The molecule has 0 aliphatic rings. The van der Waals surface area contributed by atoms with E-state index in [1.165, 1.54) is 27.8 Å². The molecule has 0 amide bonds. The fraction of sp³-hybridized carbons (Fsp3) is 0.136. The molecule has 0 saturated carbocycles. The molecule has 0 fully saturated rings. The van der Waals surface area contributed by atoms with Crippen molar-refractivity contribution in [2.45, 2.75) is 19.8 Å². The molecule has 0 bridgehead atoms. The third-order valence-corrected chi connectivity index (χ3v) is 4.06. The molecule has 3 aromatic rings. The number of aryl methyl sites for hydroxylation is 1. The highest BCUT2D eigenvalue weighted by Gasteiger charge is 2.09. The van der Waals surface area contributed by atoms with Crippen molar-refractivity contribution >= 4 is 0 Å². The molecule has 23 heavy (non-hydrogen) atoms. The van der Waals surface area contributed by atoms with Crippen LogP contribution in [0.2, 0.25) is 0 Å². The van der Waals surface area contributed by atoms with Crippen molar-refractivity contribution in [1.29, 1.82) is 0 Å². The highest BCUT2D eigenvalue weighted by Crippen LogP contribution is 2.33. The molecule has 0 N–H and O–H groups in total. The standard InChI is InChI=1S/C22H21N/c1-3-8-20-16-19(13-14-23-20)21-12-11-17(4-2)15-22(21)18-9-6-5-7-10-18/h3,5-7,9-16H,1,4,8H2,2H3. The van der Waals surface area contributed by atoms with Crippen LogP contribution >= 0.6 is 0 Å². The summed E-state index contributed by atoms with van der Waals surface area (Å²) < 4.78 is 0. The van der Waals surface area contributed by atoms with E-state index in [4.69, 9.17) is 0 Å². The van der Waals surface area contributed by atoms with Crippen LogP contribution in [0.15, 0.2) is 79.5 Å². The van der Waals surface area contributed by atoms with Gasteiger partial charge >= 0.3 is 0 Å². The summed E-state index contributed by atoms with van der Waals surface area (Å²) in [5.74, 6) is 0. The molecule has 114 valence electrons. The zero-order valence-corrected chi connectivity index (χ0v) is 13.5. The minimum absolute atomic E-state index is 0.793. The number of pyridine rings is 1. The maximum absolute atomic E-state index is 4.42. The lowest BCUT2D eigenvalue weighted by molar-refractivity contribution is 1.11. The molecule has 0 atom stereocenters. The van der Waals surface area contributed by atoms with Crippen molar-refractivity contribution in [2.24, 2.45) is 0 Å². The van der Waals surface area contributed by atoms with Crippen LogP contribution in [0.25, 0.3) is 22.3 Å². The third-order valence-electron chi connectivity index (χ3n) is 4.06. The summed E-state index contributed by atoms with van der Waals surface area (Å²) >= 11 is 0. The van der Waals surface area contributed by atoms with Crippen LogP contribution in [0.5, 0.6) is 0 Å². The molecule has 1 heteroatoms. The van der Waals surface area contributed by atoms with Gasteiger partial charge in [-0.3, -0.25) is 4.98 Å². The lowest BCUT2D eigenvalue weighted by Crippen LogP contribution is -1.92. The average molecular weight is 299 g/mol. The maximum Gasteiger partial charge on any atom is 0.0447 e. The van der Waals surface area contributed by atoms with Crippen LogP contribution in [-0.2, 0) is 12.8 Å². The number of hydrogen-bond acceptors (Lipinski definition) is 1. The Labute approximate surface area is 138 Å². The Morgan fingerprint density at radius 1 is 0.913 bits per heavy atom. The van der Waals surface area contributed by atoms with Crippen LogP contribution in [-0.4, -0.2) is 4.98 Å². The molecular weight excluding hydrogens is 278 g/mol. The van der Waals surface area contributed by atoms with Gasteiger partial charge in [0.2, 0.25) is 0 Å². The SMILES string of the molecule is C=CCc1cc(-c2ccc(CC)cc2-c2ccccc2)ccn1. The van der Waals surface area contributed by atoms with E-state index in [2.05, 4.69) is 79.2 Å². The fourth-order valence-electron chi connectivity index (χ4n) is 2.82. The van der Waals surface area contributed by atoms with Gasteiger partial charge in [0.25, 0.3) is 0 Å². The maximum atomic E-state index is 4.42. The van der Waals surface area contributed by atoms with Gasteiger partial charge in [0, 0.05) is 18.3 Å². The van der Waals surface area contributed by atoms with E-state index in [0.29, 0.717) is 0 Å². The Hall–Kier alpha value is -2.67. The monoisotopic (exact) mass is 299 g/mol. The van der Waals surface area contributed by atoms with Crippen molar-refractivity contribution in [3.63, 3.8) is 0 Å². The van der Waals surface area contributed by atoms with Gasteiger partial charge in [0.1, 0.15) is 0 Å². The first kappa shape index (κ1) is 15.2. The number of hydrogen-bond donors (Lipinski definition) is 0. The van der Waals surface area contributed by atoms with Crippen molar-refractivity contribution in [1.82, 2.24) is 4.98 Å². The van der Waals surface area contributed by atoms with E-state index < -0.39 is 0 Å². The zero-order valence-electron chi connectivity index (χ0n) is 13.5. The topological polar surface area (TPSA) is 12.9 Å². The van der Waals surface area contributed by atoms with Crippen LogP contribution in [0.3, 0.4) is 0 Å². The summed E-state index contributed by atoms with van der Waals surface area (Å²) in [7, 11) is 0. The minimum Gasteiger partial charge on any atom is -0.261 e. The van der Waals surface area contributed by atoms with Crippen molar-refractivity contribution < 1.29 is 0 Å². The molecule has 0 radical (unpaired) electrons. The predicted molar refractivity (Wildman–Crippen MR) is 98.4 cm³/mol. The first-order valence-electron chi connectivity index (χ1n) is 8.06. The van der Waals surface area contributed by atoms with Gasteiger partial charge < -0.3 is 0 Å². The molecular formula is C22H21N. The molecule has 1 nitrogen and oxygen atoms in total. The highest BCUT2D eigenvalue weighted by atomic mass is 14.7. The second-order valence-corrected chi connectivity index (χ2v) is 5.63. The van der Waals surface area contributed by atoms with Crippen molar-refractivity contribution in [2.75, 3.05) is 0 Å². The largest absolute Gasteiger partial charge is 0.261 e. The second-order valence-electron chi connectivity index (χ2n) is 5.63. The smallest absolute Gasteiger partial charge is 0.0447 e. The Bertz CT molecular complexity index is 803. The summed E-state index contributed by atoms with van der Waals surface area (Å²) in [6.07, 6.45) is 5.61. The molecule has 1 aromatic heterocycles. The molecule has 0 spiro atoms. The van der Waals surface area contributed by atoms with Gasteiger partial charge in [-0.1, -0.05) is 61.5 Å². The molecule has 0 aliphatic carbocycles. The summed E-state index contributed by atoms with van der Waals surface area (Å²) in [4.78, 5) is 4.42. The van der Waals surface area contributed by atoms with Crippen molar-refractivity contribution in [3.05, 3.63) is 90.8 Å². The minimum atomic E-state index is 0.793. The Morgan fingerprint density at radius 3 is 2.48 bits per heavy atom. The third kappa shape index (κ3) is 3.40. The summed E-state index contributed by atoms with van der Waals surface area (Å²) in [6, 6.07) is 21.6.